The van der Waals surface area contributed by atoms with E-state index in [-0.39, 0.29) is 11.7 Å². The van der Waals surface area contributed by atoms with Crippen LogP contribution < -0.4 is 10.1 Å². The Bertz CT molecular complexity index is 1150. The van der Waals surface area contributed by atoms with Crippen molar-refractivity contribution in [1.29, 1.82) is 0 Å². The number of amides is 1. The van der Waals surface area contributed by atoms with Crippen LogP contribution >= 0.6 is 0 Å². The molecule has 1 N–H and O–H groups in total. The highest BCUT2D eigenvalue weighted by Crippen LogP contribution is 2.18. The van der Waals surface area contributed by atoms with Gasteiger partial charge in [-0.1, -0.05) is 30.3 Å². The van der Waals surface area contributed by atoms with Crippen LogP contribution in [0.5, 0.6) is 5.75 Å². The van der Waals surface area contributed by atoms with Crippen LogP contribution in [0.25, 0.3) is 10.9 Å². The molecule has 6 heteroatoms. The first-order valence-corrected chi connectivity index (χ1v) is 9.23. The number of hydrogen-bond acceptors (Lipinski definition) is 3. The third-order valence-corrected chi connectivity index (χ3v) is 4.74. The second kappa shape index (κ2) is 8.14. The van der Waals surface area contributed by atoms with Crippen LogP contribution in [-0.4, -0.2) is 22.8 Å². The van der Waals surface area contributed by atoms with Gasteiger partial charge in [0.15, 0.2) is 0 Å². The maximum Gasteiger partial charge on any atom is 0.251 e. The minimum absolute atomic E-state index is 0.163. The molecule has 0 fully saturated rings. The highest BCUT2D eigenvalue weighted by atomic mass is 19.1. The third-order valence-electron chi connectivity index (χ3n) is 4.74. The summed E-state index contributed by atoms with van der Waals surface area (Å²) in [5.41, 5.74) is 3.30. The fourth-order valence-corrected chi connectivity index (χ4v) is 3.17. The Balaban J connectivity index is 1.51. The van der Waals surface area contributed by atoms with Gasteiger partial charge >= 0.3 is 0 Å². The molecule has 0 saturated carbocycles. The predicted molar refractivity (Wildman–Crippen MR) is 109 cm³/mol. The van der Waals surface area contributed by atoms with Crippen molar-refractivity contribution < 1.29 is 13.9 Å². The van der Waals surface area contributed by atoms with Gasteiger partial charge in [0.1, 0.15) is 11.6 Å². The average molecular weight is 389 g/mol. The molecule has 1 amide bonds. The fourth-order valence-electron chi connectivity index (χ4n) is 3.17. The Morgan fingerprint density at radius 3 is 2.69 bits per heavy atom. The number of aromatic nitrogens is 2. The maximum atomic E-state index is 13.1. The van der Waals surface area contributed by atoms with E-state index in [1.165, 1.54) is 12.1 Å². The maximum absolute atomic E-state index is 13.1. The number of rotatable bonds is 6. The molecule has 0 bridgehead atoms. The summed E-state index contributed by atoms with van der Waals surface area (Å²) in [5.74, 6) is 0.321. The Morgan fingerprint density at radius 1 is 1.07 bits per heavy atom. The van der Waals surface area contributed by atoms with Crippen LogP contribution in [0.4, 0.5) is 4.39 Å². The van der Waals surface area contributed by atoms with Crippen molar-refractivity contribution >= 4 is 16.8 Å². The van der Waals surface area contributed by atoms with Crippen molar-refractivity contribution in [3.8, 4) is 5.75 Å². The zero-order valence-electron chi connectivity index (χ0n) is 15.9. The summed E-state index contributed by atoms with van der Waals surface area (Å²) in [4.78, 5) is 12.6. The minimum Gasteiger partial charge on any atom is -0.497 e. The van der Waals surface area contributed by atoms with Crippen LogP contribution in [0, 0.1) is 5.82 Å². The molecule has 1 aromatic heterocycles. The summed E-state index contributed by atoms with van der Waals surface area (Å²) in [7, 11) is 1.61. The number of halogens is 1. The minimum atomic E-state index is -0.269. The molecule has 0 aliphatic carbocycles. The van der Waals surface area contributed by atoms with Crippen LogP contribution in [0.15, 0.2) is 72.9 Å². The molecule has 0 radical (unpaired) electrons. The number of methoxy groups -OCH3 is 1. The first kappa shape index (κ1) is 18.7. The second-order valence-corrected chi connectivity index (χ2v) is 6.74. The summed E-state index contributed by atoms with van der Waals surface area (Å²) in [6, 6.07) is 19.4. The number of ether oxygens (including phenoxy) is 1. The van der Waals surface area contributed by atoms with E-state index in [1.807, 2.05) is 36.4 Å². The first-order chi connectivity index (χ1) is 14.1. The average Bonchev–Trinajstić information content (AvgIpc) is 3.15. The predicted octanol–water partition coefficient (Wildman–Crippen LogP) is 4.16. The van der Waals surface area contributed by atoms with Crippen LogP contribution in [0.3, 0.4) is 0 Å². The summed E-state index contributed by atoms with van der Waals surface area (Å²) in [5, 5.41) is 8.28. The lowest BCUT2D eigenvalue weighted by atomic mass is 10.1. The van der Waals surface area contributed by atoms with Crippen LogP contribution in [-0.2, 0) is 13.1 Å². The fraction of sp³-hybridized carbons (Fsp3) is 0.130. The lowest BCUT2D eigenvalue weighted by Gasteiger charge is -2.08. The Kier molecular flexibility index (Phi) is 5.24. The zero-order valence-corrected chi connectivity index (χ0v) is 15.9. The number of fused-ring (bicyclic) bond motifs is 1. The Morgan fingerprint density at radius 2 is 1.90 bits per heavy atom. The standard InChI is InChI=1S/C23H20FN3O2/c1-29-21-4-2-3-17(11-21)13-25-23(28)18-7-8-19-14-26-27(22(19)12-18)15-16-5-9-20(24)10-6-16/h2-12,14H,13,15H2,1H3,(H,25,28). The van der Waals surface area contributed by atoms with Crippen molar-refractivity contribution in [3.05, 3.63) is 95.4 Å². The van der Waals surface area contributed by atoms with E-state index in [1.54, 1.807) is 36.2 Å². The van der Waals surface area contributed by atoms with Gasteiger partial charge in [-0.25, -0.2) is 4.39 Å². The molecule has 5 nitrogen and oxygen atoms in total. The largest absolute Gasteiger partial charge is 0.497 e. The van der Waals surface area contributed by atoms with E-state index in [0.717, 1.165) is 27.8 Å². The first-order valence-electron chi connectivity index (χ1n) is 9.23. The van der Waals surface area contributed by atoms with Crippen molar-refractivity contribution in [2.24, 2.45) is 0 Å². The van der Waals surface area contributed by atoms with Gasteiger partial charge in [0.2, 0.25) is 0 Å². The van der Waals surface area contributed by atoms with Gasteiger partial charge < -0.3 is 10.1 Å². The number of nitrogens with one attached hydrogen (secondary N) is 1. The normalized spacial score (nSPS) is 10.8. The summed E-state index contributed by atoms with van der Waals surface area (Å²) in [6.07, 6.45) is 1.76. The quantitative estimate of drug-likeness (QED) is 0.539. The van der Waals surface area contributed by atoms with Crippen molar-refractivity contribution in [3.63, 3.8) is 0 Å². The summed E-state index contributed by atoms with van der Waals surface area (Å²) >= 11 is 0. The SMILES string of the molecule is COc1cccc(CNC(=O)c2ccc3cnn(Cc4ccc(F)cc4)c3c2)c1. The van der Waals surface area contributed by atoms with E-state index >= 15 is 0 Å². The molecule has 0 aliphatic rings. The molecule has 0 saturated heterocycles. The smallest absolute Gasteiger partial charge is 0.251 e. The van der Waals surface area contributed by atoms with Crippen LogP contribution in [0.1, 0.15) is 21.5 Å². The van der Waals surface area contributed by atoms with Gasteiger partial charge in [0, 0.05) is 17.5 Å². The van der Waals surface area contributed by atoms with Gasteiger partial charge in [-0.2, -0.15) is 5.10 Å². The molecule has 0 unspecified atom stereocenters. The van der Waals surface area contributed by atoms with Crippen molar-refractivity contribution in [1.82, 2.24) is 15.1 Å². The lowest BCUT2D eigenvalue weighted by molar-refractivity contribution is 0.0951. The molecule has 1 heterocycles. The number of carbonyl (C=O) groups is 1. The number of hydrogen-bond donors (Lipinski definition) is 1. The molecule has 0 atom stereocenters. The highest BCUT2D eigenvalue weighted by molar-refractivity contribution is 5.97. The number of benzene rings is 3. The monoisotopic (exact) mass is 389 g/mol. The lowest BCUT2D eigenvalue weighted by Crippen LogP contribution is -2.22. The molecule has 4 aromatic rings. The number of carbonyl (C=O) groups excluding carboxylic acids is 1. The Labute approximate surface area is 167 Å². The highest BCUT2D eigenvalue weighted by Gasteiger charge is 2.10. The van der Waals surface area contributed by atoms with E-state index < -0.39 is 0 Å². The number of nitrogens with zero attached hydrogens (tertiary/aromatic N) is 2. The molecule has 4 rings (SSSR count). The van der Waals surface area contributed by atoms with Crippen LogP contribution in [0.2, 0.25) is 0 Å². The summed E-state index contributed by atoms with van der Waals surface area (Å²) in [6.45, 7) is 0.904. The molecular weight excluding hydrogens is 369 g/mol. The van der Waals surface area contributed by atoms with Gasteiger partial charge in [-0.05, 0) is 47.5 Å². The molecule has 0 spiro atoms. The van der Waals surface area contributed by atoms with E-state index in [4.69, 9.17) is 4.74 Å². The van der Waals surface area contributed by atoms with E-state index in [9.17, 15) is 9.18 Å². The van der Waals surface area contributed by atoms with Gasteiger partial charge in [0.25, 0.3) is 5.91 Å². The zero-order chi connectivity index (χ0) is 20.2. The van der Waals surface area contributed by atoms with Gasteiger partial charge in [-0.3, -0.25) is 9.48 Å². The molecule has 3 aromatic carbocycles. The topological polar surface area (TPSA) is 56.1 Å². The molecule has 29 heavy (non-hydrogen) atoms. The molecular formula is C23H20FN3O2. The van der Waals surface area contributed by atoms with Crippen molar-refractivity contribution in [2.45, 2.75) is 13.1 Å². The molecule has 146 valence electrons. The van der Waals surface area contributed by atoms with Crippen molar-refractivity contribution in [2.75, 3.05) is 7.11 Å². The molecule has 0 aliphatic heterocycles. The Hall–Kier alpha value is -3.67. The second-order valence-electron chi connectivity index (χ2n) is 6.74. The van der Waals surface area contributed by atoms with Gasteiger partial charge in [0.05, 0.1) is 25.4 Å². The summed E-state index contributed by atoms with van der Waals surface area (Å²) < 4.78 is 20.1. The van der Waals surface area contributed by atoms with Gasteiger partial charge in [-0.15, -0.1) is 0 Å². The van der Waals surface area contributed by atoms with E-state index in [2.05, 4.69) is 10.4 Å². The van der Waals surface area contributed by atoms with E-state index in [0.29, 0.717) is 18.7 Å². The third kappa shape index (κ3) is 4.27.